The highest BCUT2D eigenvalue weighted by molar-refractivity contribution is 6.35. The van der Waals surface area contributed by atoms with Gasteiger partial charge in [0.25, 0.3) is 11.8 Å². The van der Waals surface area contributed by atoms with E-state index in [1.807, 2.05) is 6.07 Å². The van der Waals surface area contributed by atoms with Gasteiger partial charge in [0, 0.05) is 16.0 Å². The molecule has 3 aromatic rings. The number of hydrazine groups is 1. The van der Waals surface area contributed by atoms with E-state index < -0.39 is 5.91 Å². The summed E-state index contributed by atoms with van der Waals surface area (Å²) in [6, 6.07) is 19.5. The first-order chi connectivity index (χ1) is 20.9. The predicted molar refractivity (Wildman–Crippen MR) is 180 cm³/mol. The van der Waals surface area contributed by atoms with Crippen molar-refractivity contribution in [2.45, 2.75) is 109 Å². The van der Waals surface area contributed by atoms with E-state index in [1.54, 1.807) is 12.1 Å². The van der Waals surface area contributed by atoms with Gasteiger partial charge in [-0.25, -0.2) is 0 Å². The highest BCUT2D eigenvalue weighted by Gasteiger charge is 2.42. The topological polar surface area (TPSA) is 58.2 Å². The van der Waals surface area contributed by atoms with Crippen LogP contribution in [0.3, 0.4) is 0 Å². The largest absolute Gasteiger partial charge is 0.271 e. The number of benzene rings is 3. The molecule has 2 amide bonds. The Balaban J connectivity index is 1.58. The van der Waals surface area contributed by atoms with Crippen molar-refractivity contribution in [1.29, 1.82) is 0 Å². The second kappa shape index (κ2) is 16.3. The number of hydrogen-bond acceptors (Lipinski definition) is 2. The van der Waals surface area contributed by atoms with Crippen molar-refractivity contribution in [2.75, 3.05) is 0 Å². The molecule has 0 saturated carbocycles. The predicted octanol–water partition coefficient (Wildman–Crippen LogP) is 10.8. The summed E-state index contributed by atoms with van der Waals surface area (Å²) >= 11 is 12.2. The van der Waals surface area contributed by atoms with E-state index in [4.69, 9.17) is 23.2 Å². The Labute approximate surface area is 267 Å². The standard InChI is InChI=1S/C37H46Cl2N2O2/c1-3-5-7-9-11-15-23-37(24-16-12-10-8-6-4-2)32-18-14-13-17-29(32)30-21-19-27(25-33(30)37)35(42)40-41-36(43)31-26-28(38)20-22-34(31)39/h13-14,17-22,25-26H,3-12,15-16,23-24H2,1-2H3,(H,40,42)(H,41,43). The smallest absolute Gasteiger partial charge is 0.267 e. The van der Waals surface area contributed by atoms with Crippen LogP contribution in [0.25, 0.3) is 11.1 Å². The Bertz CT molecular complexity index is 1370. The second-order valence-corrected chi connectivity index (χ2v) is 12.8. The number of hydrogen-bond donors (Lipinski definition) is 2. The van der Waals surface area contributed by atoms with Crippen LogP contribution >= 0.6 is 23.2 Å². The Morgan fingerprint density at radius 2 is 1.21 bits per heavy atom. The van der Waals surface area contributed by atoms with Gasteiger partial charge in [-0.2, -0.15) is 0 Å². The summed E-state index contributed by atoms with van der Waals surface area (Å²) < 4.78 is 0. The number of carbonyl (C=O) groups excluding carboxylic acids is 2. The summed E-state index contributed by atoms with van der Waals surface area (Å²) in [5.41, 5.74) is 10.9. The van der Waals surface area contributed by atoms with Crippen LogP contribution in [-0.4, -0.2) is 11.8 Å². The van der Waals surface area contributed by atoms with Crippen LogP contribution in [0.5, 0.6) is 0 Å². The third kappa shape index (κ3) is 8.22. The SMILES string of the molecule is CCCCCCCCC1(CCCCCCCC)c2ccccc2-c2ccc(C(=O)NNC(=O)c3cc(Cl)ccc3Cl)cc21. The van der Waals surface area contributed by atoms with Gasteiger partial charge < -0.3 is 0 Å². The van der Waals surface area contributed by atoms with Crippen molar-refractivity contribution >= 4 is 35.0 Å². The first kappa shape index (κ1) is 33.1. The van der Waals surface area contributed by atoms with Crippen LogP contribution in [0.4, 0.5) is 0 Å². The Morgan fingerprint density at radius 3 is 1.88 bits per heavy atom. The van der Waals surface area contributed by atoms with E-state index in [1.165, 1.54) is 105 Å². The van der Waals surface area contributed by atoms with Crippen molar-refractivity contribution < 1.29 is 9.59 Å². The molecule has 0 atom stereocenters. The van der Waals surface area contributed by atoms with Gasteiger partial charge in [0.15, 0.2) is 0 Å². The maximum absolute atomic E-state index is 13.4. The number of carbonyl (C=O) groups is 2. The average Bonchev–Trinajstić information content (AvgIpc) is 3.29. The molecule has 6 heteroatoms. The summed E-state index contributed by atoms with van der Waals surface area (Å²) in [5.74, 6) is -0.881. The molecule has 2 N–H and O–H groups in total. The molecule has 0 heterocycles. The maximum Gasteiger partial charge on any atom is 0.271 e. The minimum Gasteiger partial charge on any atom is -0.267 e. The second-order valence-electron chi connectivity index (χ2n) is 12.0. The van der Waals surface area contributed by atoms with Gasteiger partial charge in [0.1, 0.15) is 0 Å². The fourth-order valence-corrected chi connectivity index (χ4v) is 6.97. The van der Waals surface area contributed by atoms with Gasteiger partial charge in [-0.15, -0.1) is 0 Å². The van der Waals surface area contributed by atoms with Gasteiger partial charge in [-0.3, -0.25) is 20.4 Å². The quantitative estimate of drug-likeness (QED) is 0.123. The lowest BCUT2D eigenvalue weighted by atomic mass is 9.70. The van der Waals surface area contributed by atoms with E-state index in [-0.39, 0.29) is 21.9 Å². The van der Waals surface area contributed by atoms with Crippen molar-refractivity contribution in [1.82, 2.24) is 10.9 Å². The van der Waals surface area contributed by atoms with E-state index in [9.17, 15) is 9.59 Å². The van der Waals surface area contributed by atoms with Gasteiger partial charge in [-0.1, -0.05) is 144 Å². The lowest BCUT2D eigenvalue weighted by Crippen LogP contribution is -2.41. The van der Waals surface area contributed by atoms with E-state index in [2.05, 4.69) is 61.1 Å². The van der Waals surface area contributed by atoms with Crippen LogP contribution in [0.1, 0.15) is 136 Å². The highest BCUT2D eigenvalue weighted by Crippen LogP contribution is 2.54. The highest BCUT2D eigenvalue weighted by atomic mass is 35.5. The molecule has 0 saturated heterocycles. The molecule has 230 valence electrons. The molecule has 0 aliphatic heterocycles. The minimum atomic E-state index is -0.519. The Morgan fingerprint density at radius 1 is 0.628 bits per heavy atom. The summed E-state index contributed by atoms with van der Waals surface area (Å²) in [6.45, 7) is 4.51. The number of nitrogens with one attached hydrogen (secondary N) is 2. The van der Waals surface area contributed by atoms with Crippen LogP contribution in [-0.2, 0) is 5.41 Å². The van der Waals surface area contributed by atoms with Gasteiger partial charge in [0.2, 0.25) is 0 Å². The fraction of sp³-hybridized carbons (Fsp3) is 0.459. The first-order valence-corrected chi connectivity index (χ1v) is 17.0. The minimum absolute atomic E-state index is 0.116. The van der Waals surface area contributed by atoms with Crippen molar-refractivity contribution in [3.63, 3.8) is 0 Å². The summed E-state index contributed by atoms with van der Waals surface area (Å²) in [7, 11) is 0. The summed E-state index contributed by atoms with van der Waals surface area (Å²) in [4.78, 5) is 26.1. The fourth-order valence-electron chi connectivity index (χ4n) is 6.60. The van der Waals surface area contributed by atoms with Gasteiger partial charge in [-0.05, 0) is 65.4 Å². The van der Waals surface area contributed by atoms with Crippen molar-refractivity contribution in [3.8, 4) is 11.1 Å². The molecule has 1 aliphatic rings. The van der Waals surface area contributed by atoms with Crippen LogP contribution < -0.4 is 10.9 Å². The molecule has 4 rings (SSSR count). The van der Waals surface area contributed by atoms with Crippen molar-refractivity contribution in [3.05, 3.63) is 93.0 Å². The van der Waals surface area contributed by atoms with Crippen LogP contribution in [0, 0.1) is 0 Å². The number of halogens is 2. The first-order valence-electron chi connectivity index (χ1n) is 16.2. The number of rotatable bonds is 16. The lowest BCUT2D eigenvalue weighted by Gasteiger charge is -2.33. The van der Waals surface area contributed by atoms with E-state index in [0.717, 1.165) is 12.8 Å². The van der Waals surface area contributed by atoms with Crippen LogP contribution in [0.2, 0.25) is 10.0 Å². The zero-order valence-corrected chi connectivity index (χ0v) is 27.3. The third-order valence-corrected chi connectivity index (χ3v) is 9.47. The molecule has 1 aliphatic carbocycles. The number of unbranched alkanes of at least 4 members (excludes halogenated alkanes) is 10. The zero-order valence-electron chi connectivity index (χ0n) is 25.7. The molecular formula is C37H46Cl2N2O2. The molecule has 3 aromatic carbocycles. The molecule has 0 aromatic heterocycles. The molecule has 0 unspecified atom stereocenters. The summed E-state index contributed by atoms with van der Waals surface area (Å²) in [5, 5.41) is 0.659. The Kier molecular flexibility index (Phi) is 12.5. The molecule has 0 bridgehead atoms. The van der Waals surface area contributed by atoms with Gasteiger partial charge >= 0.3 is 0 Å². The number of amides is 2. The van der Waals surface area contributed by atoms with E-state index in [0.29, 0.717) is 10.6 Å². The molecule has 0 radical (unpaired) electrons. The average molecular weight is 622 g/mol. The third-order valence-electron chi connectivity index (χ3n) is 8.91. The van der Waals surface area contributed by atoms with Crippen molar-refractivity contribution in [2.24, 2.45) is 0 Å². The molecule has 4 nitrogen and oxygen atoms in total. The molecular weight excluding hydrogens is 575 g/mol. The lowest BCUT2D eigenvalue weighted by molar-refractivity contribution is 0.0846. The van der Waals surface area contributed by atoms with E-state index >= 15 is 0 Å². The van der Waals surface area contributed by atoms with Gasteiger partial charge in [0.05, 0.1) is 10.6 Å². The Hall–Kier alpha value is -2.82. The molecule has 43 heavy (non-hydrogen) atoms. The maximum atomic E-state index is 13.4. The molecule has 0 fully saturated rings. The monoisotopic (exact) mass is 620 g/mol. The summed E-state index contributed by atoms with van der Waals surface area (Å²) in [6.07, 6.45) is 17.2. The zero-order chi connectivity index (χ0) is 30.7. The number of fused-ring (bicyclic) bond motifs is 3. The molecule has 0 spiro atoms. The normalized spacial score (nSPS) is 12.9. The van der Waals surface area contributed by atoms with Crippen LogP contribution in [0.15, 0.2) is 60.7 Å².